The lowest BCUT2D eigenvalue weighted by Gasteiger charge is -2.36. The number of halogens is 1. The Labute approximate surface area is 296 Å². The number of benzene rings is 1. The Bertz CT molecular complexity index is 2050. The summed E-state index contributed by atoms with van der Waals surface area (Å²) in [7, 11) is 0. The van der Waals surface area contributed by atoms with Gasteiger partial charge in [-0.15, -0.1) is 0 Å². The zero-order chi connectivity index (χ0) is 35.2. The number of rotatable bonds is 8. The summed E-state index contributed by atoms with van der Waals surface area (Å²) in [4.78, 5) is 59.4. The predicted octanol–water partition coefficient (Wildman–Crippen LogP) is 4.73. The molecule has 1 atom stereocenters. The van der Waals surface area contributed by atoms with Crippen LogP contribution in [0, 0.1) is 12.7 Å². The zero-order valence-corrected chi connectivity index (χ0v) is 29.3. The van der Waals surface area contributed by atoms with Crippen molar-refractivity contribution in [3.8, 4) is 0 Å². The summed E-state index contributed by atoms with van der Waals surface area (Å²) >= 11 is 0. The second-order valence-corrected chi connectivity index (χ2v) is 14.4. The summed E-state index contributed by atoms with van der Waals surface area (Å²) in [5, 5.41) is 7.28. The molecule has 1 amide bonds. The standard InChI is InChI=1S/C38H44FN9O3/c1-23-31-20-42-38(44-35(31)48(27-6-3-4-7-27)37(51)34(23)24(2)49)43-33-10-9-28(19-41-33)46-14-12-45(13-15-46)21-26-16-25-22-47(29-8-5-11-40-18-29)36(50)30(25)17-32(26)39/h9-10,16-17,19-20,27,29,40H,3-8,11-15,18,21-22H2,1-2H3,(H,41,42,43,44). The average Bonchev–Trinajstić information content (AvgIpc) is 3.77. The number of hydrogen-bond donors (Lipinski definition) is 2. The van der Waals surface area contributed by atoms with Crippen LogP contribution in [0.2, 0.25) is 0 Å². The van der Waals surface area contributed by atoms with Crippen molar-refractivity contribution in [3.63, 3.8) is 0 Å². The highest BCUT2D eigenvalue weighted by Gasteiger charge is 2.34. The SMILES string of the molecule is CC(=O)c1c(C)c2cnc(Nc3ccc(N4CCN(Cc5cc6c(cc5F)C(=O)N(C5CCCNC5)C6)CC4)cn3)nc2n(C2CCCC2)c1=O. The number of carbonyl (C=O) groups excluding carboxylic acids is 2. The number of nitrogens with zero attached hydrogens (tertiary/aromatic N) is 7. The van der Waals surface area contributed by atoms with E-state index in [2.05, 4.69) is 30.4 Å². The van der Waals surface area contributed by atoms with Crippen LogP contribution in [0.15, 0.2) is 41.5 Å². The summed E-state index contributed by atoms with van der Waals surface area (Å²) in [6.45, 7) is 9.14. The van der Waals surface area contributed by atoms with Crippen LogP contribution in [0.5, 0.6) is 0 Å². The van der Waals surface area contributed by atoms with Gasteiger partial charge in [-0.2, -0.15) is 4.98 Å². The minimum atomic E-state index is -0.311. The molecule has 8 rings (SSSR count). The first-order chi connectivity index (χ1) is 24.7. The molecule has 13 heteroatoms. The van der Waals surface area contributed by atoms with Crippen molar-refractivity contribution in [2.24, 2.45) is 0 Å². The summed E-state index contributed by atoms with van der Waals surface area (Å²) < 4.78 is 17.0. The lowest BCUT2D eigenvalue weighted by molar-refractivity contribution is 0.0674. The van der Waals surface area contributed by atoms with Crippen LogP contribution in [0.4, 0.5) is 21.8 Å². The van der Waals surface area contributed by atoms with Crippen LogP contribution >= 0.6 is 0 Å². The minimum absolute atomic E-state index is 0.00676. The van der Waals surface area contributed by atoms with E-state index in [1.54, 1.807) is 17.7 Å². The molecule has 12 nitrogen and oxygen atoms in total. The number of fused-ring (bicyclic) bond motifs is 2. The Morgan fingerprint density at radius 2 is 1.78 bits per heavy atom. The molecule has 2 N–H and O–H groups in total. The maximum atomic E-state index is 15.3. The lowest BCUT2D eigenvalue weighted by Crippen LogP contribution is -2.46. The quantitative estimate of drug-likeness (QED) is 0.250. The van der Waals surface area contributed by atoms with E-state index in [-0.39, 0.29) is 40.7 Å². The van der Waals surface area contributed by atoms with E-state index in [9.17, 15) is 14.4 Å². The summed E-state index contributed by atoms with van der Waals surface area (Å²) in [5.41, 5.74) is 4.14. The van der Waals surface area contributed by atoms with Gasteiger partial charge in [0.2, 0.25) is 5.95 Å². The van der Waals surface area contributed by atoms with Crippen LogP contribution in [-0.4, -0.2) is 86.3 Å². The lowest BCUT2D eigenvalue weighted by atomic mass is 10.0. The van der Waals surface area contributed by atoms with Gasteiger partial charge in [-0.1, -0.05) is 12.8 Å². The third-order valence-corrected chi connectivity index (χ3v) is 11.2. The van der Waals surface area contributed by atoms with Crippen molar-refractivity contribution < 1.29 is 14.0 Å². The number of nitrogens with one attached hydrogen (secondary N) is 2. The largest absolute Gasteiger partial charge is 0.368 e. The minimum Gasteiger partial charge on any atom is -0.368 e. The normalized spacial score (nSPS) is 20.0. The number of hydrogen-bond acceptors (Lipinski definition) is 10. The van der Waals surface area contributed by atoms with Gasteiger partial charge in [-0.05, 0) is 81.5 Å². The molecule has 51 heavy (non-hydrogen) atoms. The van der Waals surface area contributed by atoms with Gasteiger partial charge in [0.25, 0.3) is 11.5 Å². The number of piperazine rings is 1. The number of Topliss-reactive ketones (excluding diaryl/α,β-unsaturated/α-hetero) is 1. The fourth-order valence-corrected chi connectivity index (χ4v) is 8.40. The van der Waals surface area contributed by atoms with E-state index in [0.717, 1.165) is 89.0 Å². The van der Waals surface area contributed by atoms with Crippen LogP contribution < -0.4 is 21.1 Å². The summed E-state index contributed by atoms with van der Waals surface area (Å²) in [6, 6.07) is 7.42. The van der Waals surface area contributed by atoms with E-state index in [1.165, 1.54) is 13.0 Å². The molecule has 0 spiro atoms. The highest BCUT2D eigenvalue weighted by atomic mass is 19.1. The molecule has 2 saturated heterocycles. The number of piperidine rings is 1. The fourth-order valence-electron chi connectivity index (χ4n) is 8.40. The van der Waals surface area contributed by atoms with Crippen LogP contribution in [0.25, 0.3) is 11.0 Å². The number of aromatic nitrogens is 4. The highest BCUT2D eigenvalue weighted by molar-refractivity contribution is 6.00. The van der Waals surface area contributed by atoms with Crippen LogP contribution in [0.1, 0.15) is 88.9 Å². The van der Waals surface area contributed by atoms with Gasteiger partial charge in [0.05, 0.1) is 17.4 Å². The van der Waals surface area contributed by atoms with Gasteiger partial charge >= 0.3 is 0 Å². The van der Waals surface area contributed by atoms with E-state index in [4.69, 9.17) is 4.98 Å². The van der Waals surface area contributed by atoms with Crippen molar-refractivity contribution in [3.05, 3.63) is 80.6 Å². The molecule has 1 aromatic carbocycles. The predicted molar refractivity (Wildman–Crippen MR) is 193 cm³/mol. The smallest absolute Gasteiger partial charge is 0.263 e. The molecule has 4 aromatic rings. The van der Waals surface area contributed by atoms with Gasteiger partial charge in [0.15, 0.2) is 5.78 Å². The second-order valence-electron chi connectivity index (χ2n) is 14.4. The van der Waals surface area contributed by atoms with Crippen molar-refractivity contribution in [2.45, 2.75) is 77.5 Å². The topological polar surface area (TPSA) is 129 Å². The molecule has 3 fully saturated rings. The molecule has 4 aliphatic rings. The van der Waals surface area contributed by atoms with Gasteiger partial charge < -0.3 is 20.4 Å². The molecule has 1 aliphatic carbocycles. The molecular weight excluding hydrogens is 649 g/mol. The molecule has 3 aliphatic heterocycles. The second kappa shape index (κ2) is 13.8. The molecular formula is C38H44FN9O3. The maximum absolute atomic E-state index is 15.3. The van der Waals surface area contributed by atoms with Crippen LogP contribution in [-0.2, 0) is 13.1 Å². The molecule has 1 unspecified atom stereocenters. The summed E-state index contributed by atoms with van der Waals surface area (Å²) in [5.74, 6) is 0.299. The number of anilines is 3. The van der Waals surface area contributed by atoms with Crippen molar-refractivity contribution in [2.75, 3.05) is 49.5 Å². The van der Waals surface area contributed by atoms with Crippen LogP contribution in [0.3, 0.4) is 0 Å². The van der Waals surface area contributed by atoms with Gasteiger partial charge in [0.1, 0.15) is 17.3 Å². The summed E-state index contributed by atoms with van der Waals surface area (Å²) in [6.07, 6.45) is 9.37. The number of ketones is 1. The number of aryl methyl sites for hydroxylation is 1. The molecule has 3 aromatic heterocycles. The van der Waals surface area contributed by atoms with E-state index >= 15 is 4.39 Å². The Balaban J connectivity index is 0.914. The average molecular weight is 694 g/mol. The maximum Gasteiger partial charge on any atom is 0.263 e. The van der Waals surface area contributed by atoms with E-state index in [1.807, 2.05) is 29.3 Å². The Morgan fingerprint density at radius 1 is 1.00 bits per heavy atom. The van der Waals surface area contributed by atoms with E-state index in [0.29, 0.717) is 52.6 Å². The monoisotopic (exact) mass is 693 g/mol. The van der Waals surface area contributed by atoms with Gasteiger partial charge in [-0.25, -0.2) is 14.4 Å². The van der Waals surface area contributed by atoms with Crippen molar-refractivity contribution in [1.82, 2.24) is 34.6 Å². The fraction of sp³-hybridized carbons (Fsp3) is 0.474. The molecule has 266 valence electrons. The Kier molecular flexibility index (Phi) is 9.01. The molecule has 0 radical (unpaired) electrons. The van der Waals surface area contributed by atoms with Gasteiger partial charge in [-0.3, -0.25) is 23.9 Å². The first-order valence-corrected chi connectivity index (χ1v) is 18.2. The molecule has 6 heterocycles. The zero-order valence-electron chi connectivity index (χ0n) is 29.3. The highest BCUT2D eigenvalue weighted by Crippen LogP contribution is 2.33. The van der Waals surface area contributed by atoms with Crippen molar-refractivity contribution in [1.29, 1.82) is 0 Å². The third kappa shape index (κ3) is 6.37. The first-order valence-electron chi connectivity index (χ1n) is 18.2. The molecule has 1 saturated carbocycles. The molecule has 0 bridgehead atoms. The Hall–Kier alpha value is -4.75. The number of carbonyl (C=O) groups is 2. The number of pyridine rings is 2. The van der Waals surface area contributed by atoms with Crippen molar-refractivity contribution >= 4 is 40.2 Å². The Morgan fingerprint density at radius 3 is 2.49 bits per heavy atom. The van der Waals surface area contributed by atoms with E-state index < -0.39 is 0 Å². The number of amides is 1. The van der Waals surface area contributed by atoms with Gasteiger partial charge in [0, 0.05) is 80.6 Å². The first kappa shape index (κ1) is 33.4. The third-order valence-electron chi connectivity index (χ3n) is 11.2.